The van der Waals surface area contributed by atoms with Crippen LogP contribution in [0.4, 0.5) is 0 Å². The van der Waals surface area contributed by atoms with Crippen molar-refractivity contribution >= 4 is 23.4 Å². The maximum absolute atomic E-state index is 12.2. The van der Waals surface area contributed by atoms with Crippen LogP contribution in [0.1, 0.15) is 26.5 Å². The van der Waals surface area contributed by atoms with Crippen LogP contribution in [0.3, 0.4) is 0 Å². The Kier molecular flexibility index (Phi) is 5.19. The highest BCUT2D eigenvalue weighted by molar-refractivity contribution is 6.30. The Labute approximate surface area is 153 Å². The molecule has 1 aromatic carbocycles. The summed E-state index contributed by atoms with van der Waals surface area (Å²) in [5, 5.41) is 0.599. The Balaban J connectivity index is 1.70. The molecule has 0 saturated carbocycles. The molecule has 0 aliphatic heterocycles. The van der Waals surface area contributed by atoms with Crippen molar-refractivity contribution in [3.05, 3.63) is 93.3 Å². The molecule has 2 aromatic heterocycles. The van der Waals surface area contributed by atoms with Crippen molar-refractivity contribution in [3.8, 4) is 0 Å². The number of carbonyl (C=O) groups is 2. The first-order valence-corrected chi connectivity index (χ1v) is 8.00. The number of nitrogens with zero attached hydrogens (tertiary/aromatic N) is 1. The first kappa shape index (κ1) is 17.5. The number of aromatic nitrogens is 1. The fourth-order valence-electron chi connectivity index (χ4n) is 2.23. The van der Waals surface area contributed by atoms with Crippen molar-refractivity contribution in [3.63, 3.8) is 0 Å². The Hall–Kier alpha value is -3.32. The minimum absolute atomic E-state index is 0.0676. The molecule has 3 aromatic rings. The van der Waals surface area contributed by atoms with Crippen molar-refractivity contribution in [1.29, 1.82) is 0 Å². The van der Waals surface area contributed by atoms with Gasteiger partial charge in [-0.1, -0.05) is 23.7 Å². The van der Waals surface area contributed by atoms with Crippen LogP contribution in [0.25, 0.3) is 0 Å². The van der Waals surface area contributed by atoms with Gasteiger partial charge in [0.05, 0.1) is 18.4 Å². The number of halogens is 1. The molecule has 7 nitrogen and oxygen atoms in total. The number of benzene rings is 1. The molecule has 0 aliphatic rings. The van der Waals surface area contributed by atoms with Crippen LogP contribution in [0.5, 0.6) is 0 Å². The smallest absolute Gasteiger partial charge is 0.305 e. The molecule has 3 rings (SSSR count). The second kappa shape index (κ2) is 7.71. The Bertz CT molecular complexity index is 978. The highest BCUT2D eigenvalue weighted by Crippen LogP contribution is 2.10. The lowest BCUT2D eigenvalue weighted by Crippen LogP contribution is -2.41. The number of amides is 2. The zero-order valence-electron chi connectivity index (χ0n) is 13.4. The van der Waals surface area contributed by atoms with Crippen LogP contribution >= 0.6 is 11.6 Å². The number of rotatable bonds is 4. The van der Waals surface area contributed by atoms with Crippen molar-refractivity contribution in [2.24, 2.45) is 0 Å². The Morgan fingerprint density at radius 3 is 2.42 bits per heavy atom. The molecule has 26 heavy (non-hydrogen) atoms. The summed E-state index contributed by atoms with van der Waals surface area (Å²) in [7, 11) is 0. The zero-order valence-corrected chi connectivity index (χ0v) is 14.2. The molecular formula is C18H14ClN3O4. The summed E-state index contributed by atoms with van der Waals surface area (Å²) < 4.78 is 6.32. The highest BCUT2D eigenvalue weighted by atomic mass is 35.5. The third kappa shape index (κ3) is 4.20. The van der Waals surface area contributed by atoms with Crippen molar-refractivity contribution < 1.29 is 14.0 Å². The molecular weight excluding hydrogens is 358 g/mol. The van der Waals surface area contributed by atoms with Gasteiger partial charge in [-0.05, 0) is 35.9 Å². The standard InChI is InChI=1S/C18H14ClN3O4/c19-14-6-3-12(4-7-14)10-22-11-13(5-8-16(22)23)17(24)20-21-18(25)15-2-1-9-26-15/h1-9,11H,10H2,(H,20,24)(H,21,25). The van der Waals surface area contributed by atoms with Gasteiger partial charge in [0.15, 0.2) is 5.76 Å². The van der Waals surface area contributed by atoms with Crippen molar-refractivity contribution in [2.75, 3.05) is 0 Å². The quantitative estimate of drug-likeness (QED) is 0.688. The van der Waals surface area contributed by atoms with E-state index in [1.807, 2.05) is 0 Å². The van der Waals surface area contributed by atoms with E-state index in [0.717, 1.165) is 5.56 Å². The summed E-state index contributed by atoms with van der Waals surface area (Å²) >= 11 is 5.85. The highest BCUT2D eigenvalue weighted by Gasteiger charge is 2.12. The number of carbonyl (C=O) groups excluding carboxylic acids is 2. The van der Waals surface area contributed by atoms with Gasteiger partial charge in [0.1, 0.15) is 0 Å². The minimum atomic E-state index is -0.585. The molecule has 0 spiro atoms. The van der Waals surface area contributed by atoms with E-state index in [2.05, 4.69) is 10.9 Å². The molecule has 2 amide bonds. The second-order valence-corrected chi connectivity index (χ2v) is 5.83. The van der Waals surface area contributed by atoms with Gasteiger partial charge < -0.3 is 8.98 Å². The van der Waals surface area contributed by atoms with Crippen LogP contribution in [0.2, 0.25) is 5.02 Å². The second-order valence-electron chi connectivity index (χ2n) is 5.40. The molecule has 132 valence electrons. The van der Waals surface area contributed by atoms with E-state index in [-0.39, 0.29) is 23.4 Å². The van der Waals surface area contributed by atoms with Crippen molar-refractivity contribution in [2.45, 2.75) is 6.54 Å². The lowest BCUT2D eigenvalue weighted by molar-refractivity contribution is 0.0830. The molecule has 2 N–H and O–H groups in total. The number of hydrogen-bond acceptors (Lipinski definition) is 4. The molecule has 0 unspecified atom stereocenters. The van der Waals surface area contributed by atoms with E-state index in [1.165, 1.54) is 35.2 Å². The van der Waals surface area contributed by atoms with E-state index < -0.39 is 11.8 Å². The van der Waals surface area contributed by atoms with Crippen LogP contribution in [-0.2, 0) is 6.54 Å². The first-order valence-electron chi connectivity index (χ1n) is 7.62. The third-order valence-electron chi connectivity index (χ3n) is 3.55. The summed E-state index contributed by atoms with van der Waals surface area (Å²) in [5.41, 5.74) is 5.34. The topological polar surface area (TPSA) is 93.3 Å². The number of nitrogens with one attached hydrogen (secondary N) is 2. The van der Waals surface area contributed by atoms with E-state index in [0.29, 0.717) is 5.02 Å². The average Bonchev–Trinajstić information content (AvgIpc) is 3.18. The Morgan fingerprint density at radius 2 is 1.73 bits per heavy atom. The molecule has 0 radical (unpaired) electrons. The van der Waals surface area contributed by atoms with E-state index in [1.54, 1.807) is 30.3 Å². The van der Waals surface area contributed by atoms with E-state index >= 15 is 0 Å². The number of hydrazine groups is 1. The first-order chi connectivity index (χ1) is 12.5. The molecule has 0 atom stereocenters. The lowest BCUT2D eigenvalue weighted by atomic mass is 10.2. The van der Waals surface area contributed by atoms with Gasteiger partial charge in [-0.3, -0.25) is 25.2 Å². The number of hydrogen-bond donors (Lipinski definition) is 2. The van der Waals surface area contributed by atoms with Gasteiger partial charge in [0, 0.05) is 17.3 Å². The van der Waals surface area contributed by atoms with Gasteiger partial charge in [0.2, 0.25) is 0 Å². The molecule has 0 bridgehead atoms. The molecule has 0 fully saturated rings. The van der Waals surface area contributed by atoms with Gasteiger partial charge in [0.25, 0.3) is 11.5 Å². The summed E-state index contributed by atoms with van der Waals surface area (Å²) in [6, 6.07) is 12.7. The van der Waals surface area contributed by atoms with E-state index in [4.69, 9.17) is 16.0 Å². The summed E-state index contributed by atoms with van der Waals surface area (Å²) in [6.45, 7) is 0.288. The third-order valence-corrected chi connectivity index (χ3v) is 3.80. The van der Waals surface area contributed by atoms with Crippen LogP contribution in [-0.4, -0.2) is 16.4 Å². The maximum Gasteiger partial charge on any atom is 0.305 e. The van der Waals surface area contributed by atoms with Crippen LogP contribution in [0.15, 0.2) is 70.2 Å². The fourth-order valence-corrected chi connectivity index (χ4v) is 2.36. The van der Waals surface area contributed by atoms with Gasteiger partial charge in [-0.15, -0.1) is 0 Å². The molecule has 0 saturated heterocycles. The predicted octanol–water partition coefficient (Wildman–Crippen LogP) is 2.22. The normalized spacial score (nSPS) is 10.3. The lowest BCUT2D eigenvalue weighted by Gasteiger charge is -2.09. The Morgan fingerprint density at radius 1 is 1.00 bits per heavy atom. The summed E-state index contributed by atoms with van der Waals surface area (Å²) in [6.07, 6.45) is 2.77. The largest absolute Gasteiger partial charge is 0.459 e. The van der Waals surface area contributed by atoms with Crippen molar-refractivity contribution in [1.82, 2.24) is 15.4 Å². The SMILES string of the molecule is O=C(NNC(=O)c1ccco1)c1ccc(=O)n(Cc2ccc(Cl)cc2)c1. The number of furan rings is 1. The van der Waals surface area contributed by atoms with Gasteiger partial charge in [-0.2, -0.15) is 0 Å². The molecule has 0 aliphatic carbocycles. The summed E-state index contributed by atoms with van der Waals surface area (Å²) in [5.74, 6) is -1.08. The predicted molar refractivity (Wildman–Crippen MR) is 94.9 cm³/mol. The van der Waals surface area contributed by atoms with Gasteiger partial charge in [-0.25, -0.2) is 0 Å². The zero-order chi connectivity index (χ0) is 18.5. The molecule has 8 heteroatoms. The number of pyridine rings is 1. The van der Waals surface area contributed by atoms with Crippen LogP contribution in [0, 0.1) is 0 Å². The fraction of sp³-hybridized carbons (Fsp3) is 0.0556. The van der Waals surface area contributed by atoms with E-state index in [9.17, 15) is 14.4 Å². The van der Waals surface area contributed by atoms with Crippen LogP contribution < -0.4 is 16.4 Å². The van der Waals surface area contributed by atoms with Gasteiger partial charge >= 0.3 is 5.91 Å². The maximum atomic E-state index is 12.2. The minimum Gasteiger partial charge on any atom is -0.459 e. The summed E-state index contributed by atoms with van der Waals surface area (Å²) in [4.78, 5) is 35.9. The molecule has 2 heterocycles. The monoisotopic (exact) mass is 371 g/mol. The average molecular weight is 372 g/mol.